The third-order valence-electron chi connectivity index (χ3n) is 5.37. The van der Waals surface area contributed by atoms with Gasteiger partial charge in [0.1, 0.15) is 0 Å². The molecule has 0 fully saturated rings. The summed E-state index contributed by atoms with van der Waals surface area (Å²) < 4.78 is 2.00. The molecule has 1 atom stereocenters. The number of rotatable bonds is 7. The monoisotopic (exact) mass is 476 g/mol. The number of hydrogen-bond acceptors (Lipinski definition) is 4. The van der Waals surface area contributed by atoms with Crippen LogP contribution in [-0.4, -0.2) is 25.9 Å². The predicted molar refractivity (Wildman–Crippen MR) is 136 cm³/mol. The van der Waals surface area contributed by atoms with E-state index in [1.807, 2.05) is 91.2 Å². The highest BCUT2D eigenvalue weighted by Gasteiger charge is 2.22. The molecular weight excluding hydrogens is 452 g/mol. The molecule has 0 spiro atoms. The van der Waals surface area contributed by atoms with Crippen molar-refractivity contribution in [2.45, 2.75) is 37.6 Å². The maximum Gasteiger partial charge on any atom is 0.237 e. The molecular formula is C26H25ClN4OS. The highest BCUT2D eigenvalue weighted by atomic mass is 35.5. The number of halogens is 1. The van der Waals surface area contributed by atoms with Crippen LogP contribution in [-0.2, 0) is 11.2 Å². The van der Waals surface area contributed by atoms with Gasteiger partial charge in [0.05, 0.1) is 10.9 Å². The Morgan fingerprint density at radius 3 is 2.39 bits per heavy atom. The normalized spacial score (nSPS) is 11.9. The molecule has 1 heterocycles. The average molecular weight is 477 g/mol. The lowest BCUT2D eigenvalue weighted by molar-refractivity contribution is -0.115. The number of nitrogens with zero attached hydrogens (tertiary/aromatic N) is 3. The van der Waals surface area contributed by atoms with Gasteiger partial charge >= 0.3 is 0 Å². The molecule has 0 aliphatic rings. The van der Waals surface area contributed by atoms with Crippen molar-refractivity contribution >= 4 is 35.0 Å². The molecule has 1 amide bonds. The molecule has 5 nitrogen and oxygen atoms in total. The second-order valence-electron chi connectivity index (χ2n) is 7.73. The molecule has 7 heteroatoms. The smallest absolute Gasteiger partial charge is 0.237 e. The Kier molecular flexibility index (Phi) is 7.16. The van der Waals surface area contributed by atoms with Gasteiger partial charge in [-0.25, -0.2) is 0 Å². The van der Waals surface area contributed by atoms with E-state index in [0.29, 0.717) is 16.0 Å². The molecule has 3 aromatic carbocycles. The number of aromatic nitrogens is 3. The lowest BCUT2D eigenvalue weighted by atomic mass is 10.1. The molecule has 0 aliphatic carbocycles. The summed E-state index contributed by atoms with van der Waals surface area (Å²) in [5.74, 6) is 0.614. The SMILES string of the molecule is CCc1ccc(NC(=O)C(C)Sc2nnc(-c3ccc(Cl)cc3)n2-c2ccccc2C)cc1. The lowest BCUT2D eigenvalue weighted by Crippen LogP contribution is -2.23. The quantitative estimate of drug-likeness (QED) is 0.306. The lowest BCUT2D eigenvalue weighted by Gasteiger charge is -2.15. The first-order valence-electron chi connectivity index (χ1n) is 10.8. The van der Waals surface area contributed by atoms with Crippen molar-refractivity contribution in [1.82, 2.24) is 14.8 Å². The highest BCUT2D eigenvalue weighted by molar-refractivity contribution is 8.00. The van der Waals surface area contributed by atoms with Gasteiger partial charge in [-0.1, -0.05) is 60.6 Å². The molecule has 33 heavy (non-hydrogen) atoms. The fourth-order valence-electron chi connectivity index (χ4n) is 3.44. The second-order valence-corrected chi connectivity index (χ2v) is 9.48. The minimum Gasteiger partial charge on any atom is -0.325 e. The van der Waals surface area contributed by atoms with Crippen molar-refractivity contribution in [3.8, 4) is 17.1 Å². The summed E-state index contributed by atoms with van der Waals surface area (Å²) >= 11 is 7.46. The van der Waals surface area contributed by atoms with Crippen LogP contribution in [0.25, 0.3) is 17.1 Å². The van der Waals surface area contributed by atoms with Crippen LogP contribution in [0.4, 0.5) is 5.69 Å². The fourth-order valence-corrected chi connectivity index (χ4v) is 4.43. The zero-order valence-electron chi connectivity index (χ0n) is 18.7. The van der Waals surface area contributed by atoms with Crippen molar-refractivity contribution < 1.29 is 4.79 Å². The van der Waals surface area contributed by atoms with Gasteiger partial charge in [0.2, 0.25) is 5.91 Å². The zero-order valence-corrected chi connectivity index (χ0v) is 20.3. The van der Waals surface area contributed by atoms with E-state index in [9.17, 15) is 4.79 Å². The van der Waals surface area contributed by atoms with E-state index in [-0.39, 0.29) is 11.2 Å². The molecule has 1 N–H and O–H groups in total. The number of nitrogens with one attached hydrogen (secondary N) is 1. The summed E-state index contributed by atoms with van der Waals surface area (Å²) in [6.07, 6.45) is 0.963. The minimum absolute atomic E-state index is 0.0865. The predicted octanol–water partition coefficient (Wildman–Crippen LogP) is 6.58. The molecule has 4 rings (SSSR count). The Balaban J connectivity index is 1.63. The van der Waals surface area contributed by atoms with E-state index in [2.05, 4.69) is 22.4 Å². The van der Waals surface area contributed by atoms with Gasteiger partial charge in [0.25, 0.3) is 0 Å². The summed E-state index contributed by atoms with van der Waals surface area (Å²) in [5.41, 5.74) is 4.97. The maximum absolute atomic E-state index is 12.9. The summed E-state index contributed by atoms with van der Waals surface area (Å²) in [6, 6.07) is 23.5. The third-order valence-corrected chi connectivity index (χ3v) is 6.67. The van der Waals surface area contributed by atoms with Gasteiger partial charge in [0.15, 0.2) is 11.0 Å². The van der Waals surface area contributed by atoms with Crippen molar-refractivity contribution in [3.63, 3.8) is 0 Å². The van der Waals surface area contributed by atoms with Crippen molar-refractivity contribution in [3.05, 3.63) is 88.9 Å². The van der Waals surface area contributed by atoms with E-state index >= 15 is 0 Å². The van der Waals surface area contributed by atoms with E-state index in [1.54, 1.807) is 0 Å². The molecule has 0 saturated carbocycles. The minimum atomic E-state index is -0.374. The Morgan fingerprint density at radius 1 is 1.03 bits per heavy atom. The highest BCUT2D eigenvalue weighted by Crippen LogP contribution is 2.32. The Morgan fingerprint density at radius 2 is 1.73 bits per heavy atom. The van der Waals surface area contributed by atoms with Crippen LogP contribution in [0, 0.1) is 6.92 Å². The Bertz CT molecular complexity index is 1250. The van der Waals surface area contributed by atoms with Crippen LogP contribution < -0.4 is 5.32 Å². The molecule has 0 bridgehead atoms. The number of carbonyl (C=O) groups excluding carboxylic acids is 1. The fraction of sp³-hybridized carbons (Fsp3) is 0.192. The first-order valence-corrected chi connectivity index (χ1v) is 12.1. The van der Waals surface area contributed by atoms with Gasteiger partial charge < -0.3 is 5.32 Å². The van der Waals surface area contributed by atoms with Gasteiger partial charge in [-0.05, 0) is 73.9 Å². The van der Waals surface area contributed by atoms with Crippen LogP contribution in [0.1, 0.15) is 25.0 Å². The van der Waals surface area contributed by atoms with E-state index in [4.69, 9.17) is 11.6 Å². The van der Waals surface area contributed by atoms with Gasteiger partial charge in [-0.2, -0.15) is 0 Å². The zero-order chi connectivity index (χ0) is 23.4. The number of aryl methyl sites for hydroxylation is 2. The molecule has 0 radical (unpaired) electrons. The topological polar surface area (TPSA) is 59.8 Å². The first kappa shape index (κ1) is 23.1. The molecule has 1 unspecified atom stereocenters. The summed E-state index contributed by atoms with van der Waals surface area (Å²) in [6.45, 7) is 6.03. The molecule has 4 aromatic rings. The van der Waals surface area contributed by atoms with Gasteiger partial charge in [-0.15, -0.1) is 10.2 Å². The van der Waals surface area contributed by atoms with Crippen LogP contribution in [0.2, 0.25) is 5.02 Å². The van der Waals surface area contributed by atoms with E-state index in [1.165, 1.54) is 17.3 Å². The number of para-hydroxylation sites is 1. The van der Waals surface area contributed by atoms with Crippen LogP contribution in [0.3, 0.4) is 0 Å². The number of benzene rings is 3. The van der Waals surface area contributed by atoms with E-state index < -0.39 is 0 Å². The largest absolute Gasteiger partial charge is 0.325 e. The summed E-state index contributed by atoms with van der Waals surface area (Å²) in [7, 11) is 0. The van der Waals surface area contributed by atoms with Crippen LogP contribution in [0.5, 0.6) is 0 Å². The number of thioether (sulfide) groups is 1. The second kappa shape index (κ2) is 10.2. The molecule has 0 saturated heterocycles. The Labute approximate surface area is 203 Å². The standard InChI is InChI=1S/C26H25ClN4OS/c1-4-19-9-15-22(16-10-19)28-25(32)18(3)33-26-30-29-24(20-11-13-21(27)14-12-20)31(26)23-8-6-5-7-17(23)2/h5-16,18H,4H2,1-3H3,(H,28,32). The number of anilines is 1. The molecule has 0 aliphatic heterocycles. The maximum atomic E-state index is 12.9. The number of amides is 1. The van der Waals surface area contributed by atoms with Crippen molar-refractivity contribution in [2.24, 2.45) is 0 Å². The summed E-state index contributed by atoms with van der Waals surface area (Å²) in [5, 5.41) is 12.8. The number of carbonyl (C=O) groups is 1. The number of hydrogen-bond donors (Lipinski definition) is 1. The van der Waals surface area contributed by atoms with Crippen LogP contribution in [0.15, 0.2) is 78.0 Å². The van der Waals surface area contributed by atoms with E-state index in [0.717, 1.165) is 28.9 Å². The molecule has 1 aromatic heterocycles. The van der Waals surface area contributed by atoms with Crippen molar-refractivity contribution in [2.75, 3.05) is 5.32 Å². The third kappa shape index (κ3) is 5.29. The molecule has 168 valence electrons. The van der Waals surface area contributed by atoms with Gasteiger partial charge in [-0.3, -0.25) is 9.36 Å². The summed E-state index contributed by atoms with van der Waals surface area (Å²) in [4.78, 5) is 12.9. The van der Waals surface area contributed by atoms with Crippen LogP contribution >= 0.6 is 23.4 Å². The Hall–Kier alpha value is -3.09. The first-order chi connectivity index (χ1) is 16.0. The average Bonchev–Trinajstić information content (AvgIpc) is 3.23. The van der Waals surface area contributed by atoms with Gasteiger partial charge in [0, 0.05) is 16.3 Å². The van der Waals surface area contributed by atoms with Crippen molar-refractivity contribution in [1.29, 1.82) is 0 Å².